The Morgan fingerprint density at radius 3 is 2.62 bits per heavy atom. The zero-order valence-electron chi connectivity index (χ0n) is 8.66. The fraction of sp³-hybridized carbons (Fsp3) is 1.00. The highest BCUT2D eigenvalue weighted by molar-refractivity contribution is 4.81. The molecule has 0 saturated carbocycles. The number of likely N-dealkylation sites (tertiary alicyclic amines) is 1. The first-order valence-electron chi connectivity index (χ1n) is 5.11. The summed E-state index contributed by atoms with van der Waals surface area (Å²) in [6.07, 6.45) is 1.71. The molecular weight excluding hydrogens is 166 g/mol. The van der Waals surface area contributed by atoms with Crippen LogP contribution >= 0.6 is 0 Å². The Hall–Kier alpha value is -0.120. The summed E-state index contributed by atoms with van der Waals surface area (Å²) in [4.78, 5) is 2.24. The molecule has 0 radical (unpaired) electrons. The van der Waals surface area contributed by atoms with E-state index in [4.69, 9.17) is 0 Å². The van der Waals surface area contributed by atoms with E-state index in [1.165, 1.54) is 0 Å². The number of hydrogen-bond donors (Lipinski definition) is 2. The summed E-state index contributed by atoms with van der Waals surface area (Å²) in [6, 6.07) is 0. The van der Waals surface area contributed by atoms with E-state index in [2.05, 4.69) is 18.7 Å². The third-order valence-electron chi connectivity index (χ3n) is 3.09. The van der Waals surface area contributed by atoms with E-state index in [0.717, 1.165) is 32.5 Å². The second kappa shape index (κ2) is 4.40. The van der Waals surface area contributed by atoms with Crippen LogP contribution in [0.25, 0.3) is 0 Å². The molecule has 0 amide bonds. The Labute approximate surface area is 80.4 Å². The number of rotatable bonds is 4. The predicted molar refractivity (Wildman–Crippen MR) is 52.5 cm³/mol. The average molecular weight is 187 g/mol. The lowest BCUT2D eigenvalue weighted by Crippen LogP contribution is -2.37. The van der Waals surface area contributed by atoms with Gasteiger partial charge in [-0.05, 0) is 12.8 Å². The highest BCUT2D eigenvalue weighted by Gasteiger charge is 2.28. The minimum Gasteiger partial charge on any atom is -0.396 e. The van der Waals surface area contributed by atoms with Gasteiger partial charge >= 0.3 is 0 Å². The van der Waals surface area contributed by atoms with Gasteiger partial charge in [0.1, 0.15) is 0 Å². The molecule has 2 atom stereocenters. The lowest BCUT2D eigenvalue weighted by Gasteiger charge is -2.30. The monoisotopic (exact) mass is 187 g/mol. The largest absolute Gasteiger partial charge is 0.396 e. The minimum atomic E-state index is -0.153. The van der Waals surface area contributed by atoms with Crippen molar-refractivity contribution in [1.82, 2.24) is 4.90 Å². The average Bonchev–Trinajstić information content (AvgIpc) is 2.51. The maximum Gasteiger partial charge on any atom is 0.0679 e. The van der Waals surface area contributed by atoms with Crippen LogP contribution in [0.3, 0.4) is 0 Å². The van der Waals surface area contributed by atoms with Crippen molar-refractivity contribution in [2.45, 2.75) is 32.8 Å². The minimum absolute atomic E-state index is 0.00403. The third-order valence-corrected chi connectivity index (χ3v) is 3.09. The Balaban J connectivity index is 2.38. The molecule has 0 aromatic heterocycles. The van der Waals surface area contributed by atoms with Gasteiger partial charge in [0.05, 0.1) is 6.10 Å². The van der Waals surface area contributed by atoms with Gasteiger partial charge < -0.3 is 15.1 Å². The molecule has 0 bridgehead atoms. The van der Waals surface area contributed by atoms with Crippen LogP contribution in [0.5, 0.6) is 0 Å². The summed E-state index contributed by atoms with van der Waals surface area (Å²) < 4.78 is 0. The van der Waals surface area contributed by atoms with Crippen molar-refractivity contribution in [3.63, 3.8) is 0 Å². The standard InChI is InChI=1S/C10H21NO2/c1-3-10(2,8-12)7-11-5-4-9(13)6-11/h9,12-13H,3-8H2,1-2H3/t9-,10+/m0/s1. The third kappa shape index (κ3) is 2.93. The molecule has 13 heavy (non-hydrogen) atoms. The van der Waals surface area contributed by atoms with E-state index in [9.17, 15) is 10.2 Å². The van der Waals surface area contributed by atoms with Gasteiger partial charge in [0.25, 0.3) is 0 Å². The maximum absolute atomic E-state index is 9.34. The summed E-state index contributed by atoms with van der Waals surface area (Å²) >= 11 is 0. The first-order valence-corrected chi connectivity index (χ1v) is 5.11. The Kier molecular flexibility index (Phi) is 3.71. The lowest BCUT2D eigenvalue weighted by atomic mass is 9.88. The molecular formula is C10H21NO2. The molecule has 1 aliphatic heterocycles. The highest BCUT2D eigenvalue weighted by atomic mass is 16.3. The van der Waals surface area contributed by atoms with Crippen LogP contribution in [0, 0.1) is 5.41 Å². The summed E-state index contributed by atoms with van der Waals surface area (Å²) in [5, 5.41) is 18.6. The molecule has 78 valence electrons. The number of aliphatic hydroxyl groups is 2. The quantitative estimate of drug-likeness (QED) is 0.672. The molecule has 1 saturated heterocycles. The van der Waals surface area contributed by atoms with Crippen molar-refractivity contribution in [2.24, 2.45) is 5.41 Å². The Bertz CT molecular complexity index is 157. The number of aliphatic hydroxyl groups excluding tert-OH is 2. The van der Waals surface area contributed by atoms with E-state index in [-0.39, 0.29) is 18.1 Å². The summed E-state index contributed by atoms with van der Waals surface area (Å²) in [5.74, 6) is 0. The summed E-state index contributed by atoms with van der Waals surface area (Å²) in [5.41, 5.74) is 0.00403. The molecule has 0 aliphatic carbocycles. The van der Waals surface area contributed by atoms with Crippen molar-refractivity contribution in [2.75, 3.05) is 26.2 Å². The summed E-state index contributed by atoms with van der Waals surface area (Å²) in [7, 11) is 0. The van der Waals surface area contributed by atoms with Crippen LogP contribution < -0.4 is 0 Å². The molecule has 1 aliphatic rings. The fourth-order valence-corrected chi connectivity index (χ4v) is 1.77. The maximum atomic E-state index is 9.34. The first-order chi connectivity index (χ1) is 6.09. The molecule has 0 aromatic carbocycles. The van der Waals surface area contributed by atoms with Gasteiger partial charge in [-0.2, -0.15) is 0 Å². The van der Waals surface area contributed by atoms with Crippen molar-refractivity contribution >= 4 is 0 Å². The van der Waals surface area contributed by atoms with Crippen molar-refractivity contribution in [3.05, 3.63) is 0 Å². The van der Waals surface area contributed by atoms with Crippen molar-refractivity contribution in [3.8, 4) is 0 Å². The molecule has 0 spiro atoms. The normalized spacial score (nSPS) is 29.1. The number of hydrogen-bond acceptors (Lipinski definition) is 3. The van der Waals surface area contributed by atoms with Gasteiger partial charge in [-0.15, -0.1) is 0 Å². The van der Waals surface area contributed by atoms with Crippen molar-refractivity contribution in [1.29, 1.82) is 0 Å². The Morgan fingerprint density at radius 2 is 2.23 bits per heavy atom. The van der Waals surface area contributed by atoms with Gasteiger partial charge in [-0.3, -0.25) is 0 Å². The second-order valence-corrected chi connectivity index (χ2v) is 4.50. The molecule has 0 aromatic rings. The highest BCUT2D eigenvalue weighted by Crippen LogP contribution is 2.23. The molecule has 1 heterocycles. The molecule has 2 N–H and O–H groups in total. The molecule has 1 fully saturated rings. The van der Waals surface area contributed by atoms with Crippen molar-refractivity contribution < 1.29 is 10.2 Å². The van der Waals surface area contributed by atoms with Crippen LogP contribution in [0.2, 0.25) is 0 Å². The van der Waals surface area contributed by atoms with Gasteiger partial charge in [0, 0.05) is 31.7 Å². The van der Waals surface area contributed by atoms with E-state index in [1.54, 1.807) is 0 Å². The van der Waals surface area contributed by atoms with Gasteiger partial charge in [-0.1, -0.05) is 13.8 Å². The number of β-amino-alcohol motifs (C(OH)–C–C–N with tert-alkyl or cyclic N) is 1. The van der Waals surface area contributed by atoms with Gasteiger partial charge in [0.15, 0.2) is 0 Å². The SMILES string of the molecule is CC[C@@](C)(CO)CN1CC[C@H](O)C1. The molecule has 3 heteroatoms. The van der Waals surface area contributed by atoms with Gasteiger partial charge in [0.2, 0.25) is 0 Å². The van der Waals surface area contributed by atoms with E-state index < -0.39 is 0 Å². The van der Waals surface area contributed by atoms with E-state index >= 15 is 0 Å². The van der Waals surface area contributed by atoms with Crippen LogP contribution in [0.4, 0.5) is 0 Å². The second-order valence-electron chi connectivity index (χ2n) is 4.50. The van der Waals surface area contributed by atoms with Crippen LogP contribution in [0.1, 0.15) is 26.7 Å². The predicted octanol–water partition coefficient (Wildman–Crippen LogP) is 0.462. The van der Waals surface area contributed by atoms with Crippen LogP contribution in [-0.2, 0) is 0 Å². The first kappa shape index (κ1) is 11.0. The van der Waals surface area contributed by atoms with Crippen LogP contribution in [0.15, 0.2) is 0 Å². The molecule has 1 rings (SSSR count). The molecule has 0 unspecified atom stereocenters. The topological polar surface area (TPSA) is 43.7 Å². The van der Waals surface area contributed by atoms with E-state index in [1.807, 2.05) is 0 Å². The zero-order chi connectivity index (χ0) is 9.90. The van der Waals surface area contributed by atoms with Crippen LogP contribution in [-0.4, -0.2) is 47.5 Å². The smallest absolute Gasteiger partial charge is 0.0679 e. The molecule has 3 nitrogen and oxygen atoms in total. The van der Waals surface area contributed by atoms with Gasteiger partial charge in [-0.25, -0.2) is 0 Å². The van der Waals surface area contributed by atoms with E-state index in [0.29, 0.717) is 0 Å². The Morgan fingerprint density at radius 1 is 1.54 bits per heavy atom. The fourth-order valence-electron chi connectivity index (χ4n) is 1.77. The lowest BCUT2D eigenvalue weighted by molar-refractivity contribution is 0.0869. The summed E-state index contributed by atoms with van der Waals surface area (Å²) in [6.45, 7) is 7.07. The number of nitrogens with zero attached hydrogens (tertiary/aromatic N) is 1. The zero-order valence-corrected chi connectivity index (χ0v) is 8.66.